The van der Waals surface area contributed by atoms with Gasteiger partial charge in [-0.25, -0.2) is 4.68 Å². The van der Waals surface area contributed by atoms with Crippen LogP contribution in [0.25, 0.3) is 10.8 Å². The van der Waals surface area contributed by atoms with E-state index in [1.165, 1.54) is 4.68 Å². The smallest absolute Gasteiger partial charge is 0.290 e. The Hall–Kier alpha value is -3.20. The summed E-state index contributed by atoms with van der Waals surface area (Å²) in [6.07, 6.45) is 0.674. The zero-order chi connectivity index (χ0) is 21.7. The van der Waals surface area contributed by atoms with Crippen LogP contribution in [0, 0.1) is 0 Å². The Morgan fingerprint density at radius 1 is 1.13 bits per heavy atom. The van der Waals surface area contributed by atoms with Crippen LogP contribution in [0.2, 0.25) is 0 Å². The van der Waals surface area contributed by atoms with Gasteiger partial charge in [0, 0.05) is 18.4 Å². The maximum atomic E-state index is 12.6. The number of hydrazine groups is 1. The van der Waals surface area contributed by atoms with Crippen molar-refractivity contribution in [3.05, 3.63) is 68.5 Å². The molecule has 0 unspecified atom stereocenters. The minimum absolute atomic E-state index is 0.0754. The molecule has 3 rings (SSSR count). The van der Waals surface area contributed by atoms with Crippen LogP contribution in [0.5, 0.6) is 5.75 Å². The van der Waals surface area contributed by atoms with Gasteiger partial charge in [-0.1, -0.05) is 24.3 Å². The van der Waals surface area contributed by atoms with Gasteiger partial charge in [-0.2, -0.15) is 5.10 Å². The van der Waals surface area contributed by atoms with Gasteiger partial charge in [0.1, 0.15) is 5.75 Å². The number of aryl methyl sites for hydroxylation is 2. The lowest BCUT2D eigenvalue weighted by atomic mass is 10.1. The van der Waals surface area contributed by atoms with Crippen LogP contribution in [-0.2, 0) is 17.8 Å². The number of methoxy groups -OCH3 is 1. The zero-order valence-corrected chi connectivity index (χ0v) is 18.2. The fourth-order valence-electron chi connectivity index (χ4n) is 2.99. The van der Waals surface area contributed by atoms with Gasteiger partial charge in [-0.15, -0.1) is 0 Å². The monoisotopic (exact) mass is 472 g/mol. The molecule has 1 heterocycles. The second kappa shape index (κ2) is 9.53. The first-order valence-corrected chi connectivity index (χ1v) is 10.1. The summed E-state index contributed by atoms with van der Waals surface area (Å²) in [5.41, 5.74) is 5.55. The summed E-state index contributed by atoms with van der Waals surface area (Å²) in [5.74, 6) is -0.221. The molecule has 0 spiro atoms. The van der Waals surface area contributed by atoms with Crippen molar-refractivity contribution < 1.29 is 14.3 Å². The second-order valence-electron chi connectivity index (χ2n) is 6.49. The molecule has 0 aliphatic rings. The van der Waals surface area contributed by atoms with Crippen molar-refractivity contribution in [3.8, 4) is 5.75 Å². The third-order valence-corrected chi connectivity index (χ3v) is 5.17. The molecule has 1 aromatic heterocycles. The molecular formula is C21H21BrN4O4. The van der Waals surface area contributed by atoms with E-state index in [2.05, 4.69) is 31.9 Å². The zero-order valence-electron chi connectivity index (χ0n) is 16.6. The Morgan fingerprint density at radius 2 is 1.87 bits per heavy atom. The van der Waals surface area contributed by atoms with Gasteiger partial charge < -0.3 is 4.74 Å². The predicted molar refractivity (Wildman–Crippen MR) is 116 cm³/mol. The number of amides is 2. The standard InChI is InChI=1S/C21H21BrN4O4/c1-3-26-21(29)15-7-5-4-6-14(15)19(25-26)20(28)24-23-18(27)11-9-13-8-10-17(30-2)16(22)12-13/h4-8,10,12H,3,9,11H2,1-2H3,(H,23,27)(H,24,28). The largest absolute Gasteiger partial charge is 0.496 e. The van der Waals surface area contributed by atoms with Crippen molar-refractivity contribution in [2.24, 2.45) is 0 Å². The highest BCUT2D eigenvalue weighted by molar-refractivity contribution is 9.10. The van der Waals surface area contributed by atoms with E-state index in [9.17, 15) is 14.4 Å². The first kappa shape index (κ1) is 21.5. The van der Waals surface area contributed by atoms with E-state index in [1.807, 2.05) is 18.2 Å². The number of hydrogen-bond acceptors (Lipinski definition) is 5. The number of hydrogen-bond donors (Lipinski definition) is 2. The number of ether oxygens (including phenoxy) is 1. The van der Waals surface area contributed by atoms with Gasteiger partial charge in [-0.3, -0.25) is 25.2 Å². The third kappa shape index (κ3) is 4.68. The number of nitrogens with one attached hydrogen (secondary N) is 2. The average molecular weight is 473 g/mol. The van der Waals surface area contributed by atoms with Crippen LogP contribution < -0.4 is 21.1 Å². The predicted octanol–water partition coefficient (Wildman–Crippen LogP) is 2.58. The Morgan fingerprint density at radius 3 is 2.53 bits per heavy atom. The minimum Gasteiger partial charge on any atom is -0.496 e. The Labute approximate surface area is 181 Å². The molecule has 0 aliphatic carbocycles. The van der Waals surface area contributed by atoms with Gasteiger partial charge in [0.25, 0.3) is 11.5 Å². The summed E-state index contributed by atoms with van der Waals surface area (Å²) < 4.78 is 7.21. The van der Waals surface area contributed by atoms with E-state index in [0.29, 0.717) is 29.5 Å². The van der Waals surface area contributed by atoms with E-state index < -0.39 is 5.91 Å². The highest BCUT2D eigenvalue weighted by atomic mass is 79.9. The highest BCUT2D eigenvalue weighted by Gasteiger charge is 2.16. The van der Waals surface area contributed by atoms with Crippen molar-refractivity contribution >= 4 is 38.5 Å². The molecule has 0 atom stereocenters. The first-order valence-electron chi connectivity index (χ1n) is 9.36. The number of rotatable bonds is 6. The molecule has 156 valence electrons. The Balaban J connectivity index is 1.66. The molecule has 0 saturated carbocycles. The normalized spacial score (nSPS) is 10.6. The molecule has 0 bridgehead atoms. The minimum atomic E-state index is -0.589. The molecule has 0 saturated heterocycles. The van der Waals surface area contributed by atoms with Gasteiger partial charge >= 0.3 is 0 Å². The lowest BCUT2D eigenvalue weighted by Crippen LogP contribution is -2.42. The quantitative estimate of drug-likeness (QED) is 0.536. The summed E-state index contributed by atoms with van der Waals surface area (Å²) in [4.78, 5) is 37.1. The van der Waals surface area contributed by atoms with E-state index in [-0.39, 0.29) is 23.6 Å². The van der Waals surface area contributed by atoms with Gasteiger partial charge in [0.2, 0.25) is 5.91 Å². The van der Waals surface area contributed by atoms with Crippen LogP contribution >= 0.6 is 15.9 Å². The third-order valence-electron chi connectivity index (χ3n) is 4.55. The fourth-order valence-corrected chi connectivity index (χ4v) is 3.58. The number of halogens is 1. The van der Waals surface area contributed by atoms with Crippen molar-refractivity contribution in [1.82, 2.24) is 20.6 Å². The average Bonchev–Trinajstić information content (AvgIpc) is 2.76. The molecule has 0 aliphatic heterocycles. The molecule has 8 nitrogen and oxygen atoms in total. The van der Waals surface area contributed by atoms with Crippen molar-refractivity contribution in [2.45, 2.75) is 26.3 Å². The Kier molecular flexibility index (Phi) is 6.83. The van der Waals surface area contributed by atoms with Gasteiger partial charge in [0.05, 0.1) is 17.0 Å². The maximum absolute atomic E-state index is 12.6. The van der Waals surface area contributed by atoms with Crippen molar-refractivity contribution in [3.63, 3.8) is 0 Å². The lowest BCUT2D eigenvalue weighted by molar-refractivity contribution is -0.121. The fraction of sp³-hybridized carbons (Fsp3) is 0.238. The molecule has 9 heteroatoms. The van der Waals surface area contributed by atoms with E-state index in [4.69, 9.17) is 4.74 Å². The topological polar surface area (TPSA) is 102 Å². The maximum Gasteiger partial charge on any atom is 0.290 e. The Bertz CT molecular complexity index is 1160. The second-order valence-corrected chi connectivity index (χ2v) is 7.34. The summed E-state index contributed by atoms with van der Waals surface area (Å²) in [5, 5.41) is 4.97. The van der Waals surface area contributed by atoms with Crippen LogP contribution in [0.3, 0.4) is 0 Å². The number of aromatic nitrogens is 2. The SMILES string of the molecule is CCn1nc(C(=O)NNC(=O)CCc2ccc(OC)c(Br)c2)c2ccccc2c1=O. The van der Waals surface area contributed by atoms with E-state index >= 15 is 0 Å². The van der Waals surface area contributed by atoms with E-state index in [0.717, 1.165) is 10.0 Å². The van der Waals surface area contributed by atoms with E-state index in [1.54, 1.807) is 38.3 Å². The highest BCUT2D eigenvalue weighted by Crippen LogP contribution is 2.25. The number of benzene rings is 2. The van der Waals surface area contributed by atoms with Crippen LogP contribution in [0.1, 0.15) is 29.4 Å². The van der Waals surface area contributed by atoms with Crippen molar-refractivity contribution in [1.29, 1.82) is 0 Å². The first-order chi connectivity index (χ1) is 14.4. The molecule has 2 amide bonds. The summed E-state index contributed by atoms with van der Waals surface area (Å²) >= 11 is 3.41. The summed E-state index contributed by atoms with van der Waals surface area (Å²) in [7, 11) is 1.58. The summed E-state index contributed by atoms with van der Waals surface area (Å²) in [6, 6.07) is 12.3. The van der Waals surface area contributed by atoms with Gasteiger partial charge in [0.15, 0.2) is 5.69 Å². The van der Waals surface area contributed by atoms with Crippen LogP contribution in [0.4, 0.5) is 0 Å². The molecule has 2 aromatic carbocycles. The summed E-state index contributed by atoms with van der Waals surface area (Å²) in [6.45, 7) is 2.10. The molecule has 3 aromatic rings. The lowest BCUT2D eigenvalue weighted by Gasteiger charge is -2.11. The van der Waals surface area contributed by atoms with Crippen LogP contribution in [0.15, 0.2) is 51.7 Å². The molecule has 0 radical (unpaired) electrons. The number of carbonyl (C=O) groups is 2. The molecule has 0 fully saturated rings. The van der Waals surface area contributed by atoms with Crippen LogP contribution in [-0.4, -0.2) is 28.7 Å². The number of fused-ring (bicyclic) bond motifs is 1. The molecule has 2 N–H and O–H groups in total. The van der Waals surface area contributed by atoms with Gasteiger partial charge in [-0.05, 0) is 53.0 Å². The number of carbonyl (C=O) groups excluding carboxylic acids is 2. The van der Waals surface area contributed by atoms with Crippen molar-refractivity contribution in [2.75, 3.05) is 7.11 Å². The molecule has 30 heavy (non-hydrogen) atoms. The molecular weight excluding hydrogens is 452 g/mol. The number of nitrogens with zero attached hydrogens (tertiary/aromatic N) is 2.